The second kappa shape index (κ2) is 4.92. The van der Waals surface area contributed by atoms with E-state index >= 15 is 0 Å². The zero-order valence-electron chi connectivity index (χ0n) is 10.6. The lowest BCUT2D eigenvalue weighted by Crippen LogP contribution is -2.26. The molecule has 0 amide bonds. The molecule has 0 fully saturated rings. The highest BCUT2D eigenvalue weighted by Gasteiger charge is 2.31. The molecular weight excluding hydrogens is 212 g/mol. The van der Waals surface area contributed by atoms with Gasteiger partial charge >= 0.3 is 0 Å². The van der Waals surface area contributed by atoms with E-state index in [0.29, 0.717) is 0 Å². The van der Waals surface area contributed by atoms with Crippen LogP contribution in [-0.4, -0.2) is 12.2 Å². The van der Waals surface area contributed by atoms with Gasteiger partial charge in [-0.1, -0.05) is 24.3 Å². The summed E-state index contributed by atoms with van der Waals surface area (Å²) in [7, 11) is 1.64. The smallest absolute Gasteiger partial charge is 0.125 e. The molecule has 0 radical (unpaired) electrons. The zero-order chi connectivity index (χ0) is 12.3. The van der Waals surface area contributed by atoms with Crippen LogP contribution in [0.15, 0.2) is 35.9 Å². The lowest BCUT2D eigenvalue weighted by atomic mass is 9.81. The standard InChI is InChI=1S/C15H20O2/c1-15(16,12-8-4-3-5-9-12)13-10-6-7-11-14(13)17-2/h6-8,10-11,16H,3-5,9H2,1-2H3. The van der Waals surface area contributed by atoms with Crippen molar-refractivity contribution in [2.75, 3.05) is 7.11 Å². The first kappa shape index (κ1) is 12.2. The highest BCUT2D eigenvalue weighted by molar-refractivity contribution is 5.42. The third-order valence-electron chi connectivity index (χ3n) is 3.55. The van der Waals surface area contributed by atoms with Gasteiger partial charge in [-0.3, -0.25) is 0 Å². The van der Waals surface area contributed by atoms with Gasteiger partial charge in [-0.05, 0) is 44.2 Å². The van der Waals surface area contributed by atoms with E-state index in [-0.39, 0.29) is 0 Å². The Kier molecular flexibility index (Phi) is 3.53. The van der Waals surface area contributed by atoms with E-state index in [1.54, 1.807) is 7.11 Å². The lowest BCUT2D eigenvalue weighted by Gasteiger charge is -2.30. The van der Waals surface area contributed by atoms with Gasteiger partial charge in [-0.15, -0.1) is 0 Å². The third kappa shape index (κ3) is 2.37. The second-order valence-corrected chi connectivity index (χ2v) is 4.75. The summed E-state index contributed by atoms with van der Waals surface area (Å²) in [5.41, 5.74) is 1.07. The van der Waals surface area contributed by atoms with Gasteiger partial charge in [0.2, 0.25) is 0 Å². The minimum absolute atomic E-state index is 0.754. The van der Waals surface area contributed by atoms with Crippen LogP contribution < -0.4 is 4.74 Å². The summed E-state index contributed by atoms with van der Waals surface area (Å²) in [4.78, 5) is 0. The number of methoxy groups -OCH3 is 1. The minimum Gasteiger partial charge on any atom is -0.496 e. The normalized spacial score (nSPS) is 19.4. The van der Waals surface area contributed by atoms with Gasteiger partial charge in [-0.2, -0.15) is 0 Å². The van der Waals surface area contributed by atoms with Gasteiger partial charge in [0.15, 0.2) is 0 Å². The van der Waals surface area contributed by atoms with Gasteiger partial charge < -0.3 is 9.84 Å². The maximum Gasteiger partial charge on any atom is 0.125 e. The molecule has 2 nitrogen and oxygen atoms in total. The van der Waals surface area contributed by atoms with Crippen molar-refractivity contribution in [2.24, 2.45) is 0 Å². The van der Waals surface area contributed by atoms with E-state index in [1.807, 2.05) is 31.2 Å². The summed E-state index contributed by atoms with van der Waals surface area (Å²) in [5.74, 6) is 0.754. The molecule has 1 aromatic carbocycles. The molecule has 1 aromatic rings. The molecule has 0 aromatic heterocycles. The highest BCUT2D eigenvalue weighted by atomic mass is 16.5. The SMILES string of the molecule is COc1ccccc1C(C)(O)C1=CCCCC1. The van der Waals surface area contributed by atoms with Crippen LogP contribution in [0.5, 0.6) is 5.75 Å². The topological polar surface area (TPSA) is 29.5 Å². The Morgan fingerprint density at radius 3 is 2.65 bits per heavy atom. The zero-order valence-corrected chi connectivity index (χ0v) is 10.6. The Bertz CT molecular complexity index is 419. The number of para-hydroxylation sites is 1. The first-order chi connectivity index (χ1) is 8.16. The molecule has 0 aliphatic heterocycles. The lowest BCUT2D eigenvalue weighted by molar-refractivity contribution is 0.0884. The fourth-order valence-electron chi connectivity index (χ4n) is 2.50. The van der Waals surface area contributed by atoms with Crippen molar-refractivity contribution < 1.29 is 9.84 Å². The van der Waals surface area contributed by atoms with Crippen molar-refractivity contribution >= 4 is 0 Å². The van der Waals surface area contributed by atoms with Crippen molar-refractivity contribution in [2.45, 2.75) is 38.2 Å². The Balaban J connectivity index is 2.39. The van der Waals surface area contributed by atoms with Crippen LogP contribution >= 0.6 is 0 Å². The van der Waals surface area contributed by atoms with Gasteiger partial charge in [0, 0.05) is 5.56 Å². The van der Waals surface area contributed by atoms with Gasteiger partial charge in [-0.25, -0.2) is 0 Å². The van der Waals surface area contributed by atoms with Crippen molar-refractivity contribution in [1.29, 1.82) is 0 Å². The first-order valence-electron chi connectivity index (χ1n) is 6.21. The van der Waals surface area contributed by atoms with E-state index in [4.69, 9.17) is 4.74 Å². The average Bonchev–Trinajstić information content (AvgIpc) is 2.39. The Morgan fingerprint density at radius 2 is 2.00 bits per heavy atom. The van der Waals surface area contributed by atoms with Crippen molar-refractivity contribution in [3.63, 3.8) is 0 Å². The quantitative estimate of drug-likeness (QED) is 0.809. The molecule has 1 aliphatic carbocycles. The minimum atomic E-state index is -0.910. The number of hydrogen-bond acceptors (Lipinski definition) is 2. The molecule has 0 heterocycles. The van der Waals surface area contributed by atoms with E-state index in [2.05, 4.69) is 6.08 Å². The van der Waals surface area contributed by atoms with E-state index in [0.717, 1.165) is 36.1 Å². The third-order valence-corrected chi connectivity index (χ3v) is 3.55. The summed E-state index contributed by atoms with van der Waals surface area (Å²) in [5, 5.41) is 10.8. The summed E-state index contributed by atoms with van der Waals surface area (Å²) in [6, 6.07) is 7.70. The number of rotatable bonds is 3. The molecule has 1 atom stereocenters. The molecule has 0 spiro atoms. The van der Waals surface area contributed by atoms with Crippen LogP contribution in [0, 0.1) is 0 Å². The molecule has 0 bridgehead atoms. The highest BCUT2D eigenvalue weighted by Crippen LogP contribution is 2.39. The Labute approximate surface area is 103 Å². The molecule has 0 saturated carbocycles. The van der Waals surface area contributed by atoms with E-state index in [1.165, 1.54) is 6.42 Å². The molecule has 1 N–H and O–H groups in total. The van der Waals surface area contributed by atoms with Crippen LogP contribution in [0.3, 0.4) is 0 Å². The Hall–Kier alpha value is -1.28. The first-order valence-corrected chi connectivity index (χ1v) is 6.21. The number of allylic oxidation sites excluding steroid dienone is 1. The fourth-order valence-corrected chi connectivity index (χ4v) is 2.50. The van der Waals surface area contributed by atoms with E-state index < -0.39 is 5.60 Å². The molecule has 2 rings (SSSR count). The molecule has 17 heavy (non-hydrogen) atoms. The second-order valence-electron chi connectivity index (χ2n) is 4.75. The summed E-state index contributed by atoms with van der Waals surface area (Å²) >= 11 is 0. The molecular formula is C15H20O2. The molecule has 1 unspecified atom stereocenters. The van der Waals surface area contributed by atoms with Crippen molar-refractivity contribution in [3.8, 4) is 5.75 Å². The van der Waals surface area contributed by atoms with Crippen LogP contribution in [0.2, 0.25) is 0 Å². The van der Waals surface area contributed by atoms with E-state index in [9.17, 15) is 5.11 Å². The van der Waals surface area contributed by atoms with Crippen LogP contribution in [0.1, 0.15) is 38.2 Å². The van der Waals surface area contributed by atoms with Crippen LogP contribution in [0.25, 0.3) is 0 Å². The fraction of sp³-hybridized carbons (Fsp3) is 0.467. The predicted molar refractivity (Wildman–Crippen MR) is 69.1 cm³/mol. The summed E-state index contributed by atoms with van der Waals surface area (Å²) < 4.78 is 5.34. The maximum atomic E-state index is 10.8. The number of aliphatic hydroxyl groups is 1. The average molecular weight is 232 g/mol. The summed E-state index contributed by atoms with van der Waals surface area (Å²) in [6.07, 6.45) is 6.62. The number of ether oxygens (including phenoxy) is 1. The Morgan fingerprint density at radius 1 is 1.24 bits per heavy atom. The number of hydrogen-bond donors (Lipinski definition) is 1. The monoisotopic (exact) mass is 232 g/mol. The van der Waals surface area contributed by atoms with Gasteiger partial charge in [0.05, 0.1) is 7.11 Å². The molecule has 2 heteroatoms. The maximum absolute atomic E-state index is 10.8. The predicted octanol–water partition coefficient (Wildman–Crippen LogP) is 3.40. The molecule has 0 saturated heterocycles. The molecule has 92 valence electrons. The largest absolute Gasteiger partial charge is 0.496 e. The number of benzene rings is 1. The van der Waals surface area contributed by atoms with Crippen LogP contribution in [-0.2, 0) is 5.60 Å². The summed E-state index contributed by atoms with van der Waals surface area (Å²) in [6.45, 7) is 1.86. The van der Waals surface area contributed by atoms with Gasteiger partial charge in [0.1, 0.15) is 11.4 Å². The van der Waals surface area contributed by atoms with Crippen molar-refractivity contribution in [3.05, 3.63) is 41.5 Å². The van der Waals surface area contributed by atoms with Crippen molar-refractivity contribution in [1.82, 2.24) is 0 Å². The van der Waals surface area contributed by atoms with Crippen LogP contribution in [0.4, 0.5) is 0 Å². The van der Waals surface area contributed by atoms with Gasteiger partial charge in [0.25, 0.3) is 0 Å². The molecule has 1 aliphatic rings.